The van der Waals surface area contributed by atoms with Gasteiger partial charge in [0.05, 0.1) is 6.54 Å². The summed E-state index contributed by atoms with van der Waals surface area (Å²) in [5, 5.41) is 9.12. The molecular weight excluding hydrogens is 491 g/mol. The standard InChI is InChI=1S/C15H22N4O2S3.HI/c1-3-16-15(19(2)11-13-6-10-22-12-13)17-7-8-18-24(20,21)14-5-4-9-23-14;/h4-6,9-10,12,18H,3,7-8,11H2,1-2H3,(H,16,17);1H. The van der Waals surface area contributed by atoms with Crippen LogP contribution in [0.4, 0.5) is 0 Å². The van der Waals surface area contributed by atoms with Gasteiger partial charge in [0.2, 0.25) is 10.0 Å². The quantitative estimate of drug-likeness (QED) is 0.246. The lowest BCUT2D eigenvalue weighted by Gasteiger charge is -2.21. The van der Waals surface area contributed by atoms with Crippen molar-refractivity contribution in [2.45, 2.75) is 17.7 Å². The van der Waals surface area contributed by atoms with Crippen molar-refractivity contribution >= 4 is 62.6 Å². The Morgan fingerprint density at radius 3 is 2.72 bits per heavy atom. The molecule has 0 saturated heterocycles. The highest BCUT2D eigenvalue weighted by atomic mass is 127. The van der Waals surface area contributed by atoms with E-state index in [-0.39, 0.29) is 30.5 Å². The number of aliphatic imine (C=N–C) groups is 1. The van der Waals surface area contributed by atoms with Crippen molar-refractivity contribution < 1.29 is 8.42 Å². The molecule has 0 spiro atoms. The third-order valence-corrected chi connectivity index (χ3v) is 6.71. The first-order valence-electron chi connectivity index (χ1n) is 7.56. The van der Waals surface area contributed by atoms with Gasteiger partial charge in [-0.3, -0.25) is 4.99 Å². The molecule has 0 amide bonds. The van der Waals surface area contributed by atoms with Crippen molar-refractivity contribution in [3.05, 3.63) is 39.9 Å². The molecule has 0 atom stereocenters. The molecule has 2 rings (SSSR count). The maximum Gasteiger partial charge on any atom is 0.250 e. The first-order valence-corrected chi connectivity index (χ1v) is 10.9. The molecule has 0 radical (unpaired) electrons. The van der Waals surface area contributed by atoms with Crippen LogP contribution in [0, 0.1) is 0 Å². The fraction of sp³-hybridized carbons (Fsp3) is 0.400. The summed E-state index contributed by atoms with van der Waals surface area (Å²) in [5.74, 6) is 0.763. The Balaban J connectivity index is 0.00000312. The normalized spacial score (nSPS) is 11.8. The van der Waals surface area contributed by atoms with E-state index < -0.39 is 10.0 Å². The van der Waals surface area contributed by atoms with E-state index in [2.05, 4.69) is 26.5 Å². The Kier molecular flexibility index (Phi) is 9.94. The van der Waals surface area contributed by atoms with E-state index in [1.807, 2.05) is 24.3 Å². The zero-order chi connectivity index (χ0) is 17.4. The van der Waals surface area contributed by atoms with Gasteiger partial charge in [0, 0.05) is 26.7 Å². The second-order valence-corrected chi connectivity index (χ2v) is 8.77. The molecule has 0 aliphatic carbocycles. The van der Waals surface area contributed by atoms with Gasteiger partial charge in [0.15, 0.2) is 5.96 Å². The molecule has 0 bridgehead atoms. The van der Waals surface area contributed by atoms with Gasteiger partial charge in [0.1, 0.15) is 4.21 Å². The molecule has 2 aromatic rings. The minimum Gasteiger partial charge on any atom is -0.357 e. The SMILES string of the molecule is CCNC(=NCCNS(=O)(=O)c1cccs1)N(C)Cc1ccsc1.I. The smallest absolute Gasteiger partial charge is 0.250 e. The third kappa shape index (κ3) is 7.21. The minimum atomic E-state index is -3.42. The van der Waals surface area contributed by atoms with Gasteiger partial charge in [-0.15, -0.1) is 35.3 Å². The molecule has 0 aliphatic heterocycles. The van der Waals surface area contributed by atoms with Gasteiger partial charge in [0.25, 0.3) is 0 Å². The lowest BCUT2D eigenvalue weighted by molar-refractivity contribution is 0.477. The van der Waals surface area contributed by atoms with Crippen LogP contribution in [0.5, 0.6) is 0 Å². The summed E-state index contributed by atoms with van der Waals surface area (Å²) >= 11 is 2.87. The average Bonchev–Trinajstić information content (AvgIpc) is 3.23. The molecule has 0 unspecified atom stereocenters. The zero-order valence-electron chi connectivity index (χ0n) is 14.1. The van der Waals surface area contributed by atoms with Gasteiger partial charge in [-0.1, -0.05) is 6.07 Å². The number of guanidine groups is 1. The number of nitrogens with one attached hydrogen (secondary N) is 2. The summed E-state index contributed by atoms with van der Waals surface area (Å²) in [5.41, 5.74) is 1.23. The first kappa shape index (κ1) is 22.4. The van der Waals surface area contributed by atoms with E-state index in [1.54, 1.807) is 28.8 Å². The number of rotatable bonds is 8. The van der Waals surface area contributed by atoms with E-state index in [4.69, 9.17) is 0 Å². The molecule has 25 heavy (non-hydrogen) atoms. The molecule has 10 heteroatoms. The van der Waals surface area contributed by atoms with Crippen LogP contribution in [-0.4, -0.2) is 46.0 Å². The van der Waals surface area contributed by atoms with Crippen LogP contribution in [0.25, 0.3) is 0 Å². The molecule has 0 aromatic carbocycles. The summed E-state index contributed by atoms with van der Waals surface area (Å²) in [7, 11) is -1.45. The van der Waals surface area contributed by atoms with Crippen LogP contribution in [0.2, 0.25) is 0 Å². The van der Waals surface area contributed by atoms with E-state index in [9.17, 15) is 8.42 Å². The summed E-state index contributed by atoms with van der Waals surface area (Å²) in [4.78, 5) is 6.52. The summed E-state index contributed by atoms with van der Waals surface area (Å²) in [6.45, 7) is 4.17. The minimum absolute atomic E-state index is 0. The second kappa shape index (κ2) is 11.1. The molecule has 0 fully saturated rings. The Morgan fingerprint density at radius 1 is 1.32 bits per heavy atom. The molecule has 6 nitrogen and oxygen atoms in total. The van der Waals surface area contributed by atoms with Crippen molar-refractivity contribution in [3.8, 4) is 0 Å². The predicted octanol–water partition coefficient (Wildman–Crippen LogP) is 2.80. The highest BCUT2D eigenvalue weighted by Gasteiger charge is 2.14. The van der Waals surface area contributed by atoms with Crippen LogP contribution in [0.1, 0.15) is 12.5 Å². The number of thiophene rings is 2. The van der Waals surface area contributed by atoms with Crippen LogP contribution in [-0.2, 0) is 16.6 Å². The largest absolute Gasteiger partial charge is 0.357 e. The zero-order valence-corrected chi connectivity index (χ0v) is 18.9. The summed E-state index contributed by atoms with van der Waals surface area (Å²) in [6.07, 6.45) is 0. The molecule has 2 heterocycles. The molecule has 2 aromatic heterocycles. The lowest BCUT2D eigenvalue weighted by atomic mass is 10.3. The topological polar surface area (TPSA) is 73.8 Å². The molecule has 2 N–H and O–H groups in total. The molecule has 140 valence electrons. The Bertz CT molecular complexity index is 731. The number of hydrogen-bond acceptors (Lipinski definition) is 5. The van der Waals surface area contributed by atoms with E-state index in [0.717, 1.165) is 19.0 Å². The molecule has 0 saturated carbocycles. The van der Waals surface area contributed by atoms with Crippen molar-refractivity contribution in [1.82, 2.24) is 14.9 Å². The molecular formula is C15H23IN4O2S3. The Hall–Kier alpha value is -0.690. The number of sulfonamides is 1. The lowest BCUT2D eigenvalue weighted by Crippen LogP contribution is -2.39. The van der Waals surface area contributed by atoms with Crippen LogP contribution >= 0.6 is 46.7 Å². The fourth-order valence-corrected chi connectivity index (χ4v) is 4.75. The van der Waals surface area contributed by atoms with E-state index in [1.165, 1.54) is 16.9 Å². The van der Waals surface area contributed by atoms with E-state index in [0.29, 0.717) is 10.8 Å². The first-order chi connectivity index (χ1) is 11.5. The van der Waals surface area contributed by atoms with Crippen molar-refractivity contribution in [3.63, 3.8) is 0 Å². The van der Waals surface area contributed by atoms with Gasteiger partial charge < -0.3 is 10.2 Å². The number of hydrogen-bond donors (Lipinski definition) is 2. The van der Waals surface area contributed by atoms with Gasteiger partial charge in [-0.25, -0.2) is 13.1 Å². The maximum atomic E-state index is 12.0. The van der Waals surface area contributed by atoms with Crippen molar-refractivity contribution in [2.24, 2.45) is 4.99 Å². The maximum absolute atomic E-state index is 12.0. The van der Waals surface area contributed by atoms with Crippen LogP contribution in [0.3, 0.4) is 0 Å². The van der Waals surface area contributed by atoms with Gasteiger partial charge >= 0.3 is 0 Å². The predicted molar refractivity (Wildman–Crippen MR) is 117 cm³/mol. The van der Waals surface area contributed by atoms with Crippen molar-refractivity contribution in [2.75, 3.05) is 26.7 Å². The van der Waals surface area contributed by atoms with Crippen molar-refractivity contribution in [1.29, 1.82) is 0 Å². The van der Waals surface area contributed by atoms with Gasteiger partial charge in [-0.05, 0) is 40.8 Å². The summed E-state index contributed by atoms with van der Waals surface area (Å²) < 4.78 is 27.0. The number of nitrogens with zero attached hydrogens (tertiary/aromatic N) is 2. The Labute approximate surface area is 174 Å². The fourth-order valence-electron chi connectivity index (χ4n) is 2.03. The monoisotopic (exact) mass is 514 g/mol. The average molecular weight is 514 g/mol. The molecule has 0 aliphatic rings. The second-order valence-electron chi connectivity index (χ2n) is 5.05. The van der Waals surface area contributed by atoms with Crippen LogP contribution in [0.15, 0.2) is 43.5 Å². The van der Waals surface area contributed by atoms with Crippen LogP contribution < -0.4 is 10.0 Å². The highest BCUT2D eigenvalue weighted by Crippen LogP contribution is 2.14. The number of halogens is 1. The van der Waals surface area contributed by atoms with Gasteiger partial charge in [-0.2, -0.15) is 11.3 Å². The van der Waals surface area contributed by atoms with E-state index >= 15 is 0 Å². The highest BCUT2D eigenvalue weighted by molar-refractivity contribution is 14.0. The third-order valence-electron chi connectivity index (χ3n) is 3.12. The Morgan fingerprint density at radius 2 is 2.12 bits per heavy atom. The summed E-state index contributed by atoms with van der Waals surface area (Å²) in [6, 6.07) is 5.40.